The van der Waals surface area contributed by atoms with Gasteiger partial charge in [0.1, 0.15) is 0 Å². The second-order valence-electron chi connectivity index (χ2n) is 3.70. The zero-order chi connectivity index (χ0) is 13.3. The maximum Gasteiger partial charge on any atom is 0.0656 e. The van der Waals surface area contributed by atoms with Crippen molar-refractivity contribution in [3.05, 3.63) is 66.0 Å². The third kappa shape index (κ3) is 3.40. The lowest BCUT2D eigenvalue weighted by Crippen LogP contribution is -1.94. The SMILES string of the molecule is Clc1cc(C(Br)c2cc(Br)ccc2Br)ccc1Br. The van der Waals surface area contributed by atoms with Crippen LogP contribution in [-0.4, -0.2) is 0 Å². The van der Waals surface area contributed by atoms with Gasteiger partial charge in [-0.2, -0.15) is 0 Å². The van der Waals surface area contributed by atoms with E-state index in [4.69, 9.17) is 11.6 Å². The number of benzene rings is 2. The van der Waals surface area contributed by atoms with Gasteiger partial charge < -0.3 is 0 Å². The molecule has 0 aliphatic rings. The van der Waals surface area contributed by atoms with Gasteiger partial charge >= 0.3 is 0 Å². The Balaban J connectivity index is 2.44. The van der Waals surface area contributed by atoms with Gasteiger partial charge in [-0.3, -0.25) is 0 Å². The predicted molar refractivity (Wildman–Crippen MR) is 91.8 cm³/mol. The molecule has 0 saturated carbocycles. The quantitative estimate of drug-likeness (QED) is 0.372. The largest absolute Gasteiger partial charge is 0.0831 e. The molecule has 94 valence electrons. The molecule has 0 fully saturated rings. The summed E-state index contributed by atoms with van der Waals surface area (Å²) in [5, 5.41) is 0.711. The van der Waals surface area contributed by atoms with Crippen molar-refractivity contribution in [2.45, 2.75) is 4.83 Å². The summed E-state index contributed by atoms with van der Waals surface area (Å²) in [7, 11) is 0. The molecule has 0 heterocycles. The van der Waals surface area contributed by atoms with Gasteiger partial charge in [0.15, 0.2) is 0 Å². The molecular formula is C13H7Br4Cl. The van der Waals surface area contributed by atoms with Crippen LogP contribution in [0.1, 0.15) is 16.0 Å². The Hall–Kier alpha value is 0.650. The van der Waals surface area contributed by atoms with Crippen LogP contribution >= 0.6 is 75.3 Å². The van der Waals surface area contributed by atoms with Crippen LogP contribution in [-0.2, 0) is 0 Å². The highest BCUT2D eigenvalue weighted by molar-refractivity contribution is 9.11. The van der Waals surface area contributed by atoms with Crippen molar-refractivity contribution in [3.63, 3.8) is 0 Å². The van der Waals surface area contributed by atoms with Crippen molar-refractivity contribution in [1.82, 2.24) is 0 Å². The standard InChI is InChI=1S/C13H7Br4Cl/c14-8-2-4-10(15)9(6-8)13(17)7-1-3-11(16)12(18)5-7/h1-6,13H. The third-order valence-electron chi connectivity index (χ3n) is 2.47. The van der Waals surface area contributed by atoms with Gasteiger partial charge in [0, 0.05) is 13.4 Å². The molecule has 2 aromatic carbocycles. The van der Waals surface area contributed by atoms with E-state index in [2.05, 4.69) is 69.8 Å². The smallest absolute Gasteiger partial charge is 0.0656 e. The van der Waals surface area contributed by atoms with Crippen LogP contribution in [0.2, 0.25) is 5.02 Å². The lowest BCUT2D eigenvalue weighted by Gasteiger charge is -2.14. The minimum Gasteiger partial charge on any atom is -0.0831 e. The fourth-order valence-corrected chi connectivity index (χ4v) is 3.82. The van der Waals surface area contributed by atoms with Gasteiger partial charge in [-0.1, -0.05) is 65.5 Å². The van der Waals surface area contributed by atoms with Gasteiger partial charge in [0.2, 0.25) is 0 Å². The van der Waals surface area contributed by atoms with Crippen molar-refractivity contribution in [2.24, 2.45) is 0 Å². The molecule has 18 heavy (non-hydrogen) atoms. The Bertz CT molecular complexity index is 583. The highest BCUT2D eigenvalue weighted by Crippen LogP contribution is 2.38. The fourth-order valence-electron chi connectivity index (χ4n) is 1.56. The second-order valence-corrected chi connectivity index (χ2v) is 7.65. The average Bonchev–Trinajstić information content (AvgIpc) is 2.35. The summed E-state index contributed by atoms with van der Waals surface area (Å²) >= 11 is 20.3. The molecule has 2 aromatic rings. The summed E-state index contributed by atoms with van der Waals surface area (Å²) in [6.07, 6.45) is 0. The number of hydrogen-bond acceptors (Lipinski definition) is 0. The van der Waals surface area contributed by atoms with Crippen LogP contribution in [0.5, 0.6) is 0 Å². The van der Waals surface area contributed by atoms with Crippen LogP contribution in [0.15, 0.2) is 49.8 Å². The summed E-state index contributed by atoms with van der Waals surface area (Å²) in [6.45, 7) is 0. The first-order valence-electron chi connectivity index (χ1n) is 5.03. The molecular weight excluding hydrogens is 511 g/mol. The first-order chi connectivity index (χ1) is 8.49. The summed E-state index contributed by atoms with van der Waals surface area (Å²) in [5.41, 5.74) is 2.27. The highest BCUT2D eigenvalue weighted by Gasteiger charge is 2.15. The van der Waals surface area contributed by atoms with E-state index < -0.39 is 0 Å². The number of hydrogen-bond donors (Lipinski definition) is 0. The molecule has 0 nitrogen and oxygen atoms in total. The van der Waals surface area contributed by atoms with E-state index in [1.807, 2.05) is 30.3 Å². The summed E-state index contributed by atoms with van der Waals surface area (Å²) in [5.74, 6) is 0. The minimum atomic E-state index is 0.0926. The van der Waals surface area contributed by atoms with E-state index in [-0.39, 0.29) is 4.83 Å². The van der Waals surface area contributed by atoms with Crippen molar-refractivity contribution in [2.75, 3.05) is 0 Å². The van der Waals surface area contributed by atoms with Crippen molar-refractivity contribution < 1.29 is 0 Å². The highest BCUT2D eigenvalue weighted by atomic mass is 79.9. The van der Waals surface area contributed by atoms with Crippen molar-refractivity contribution in [1.29, 1.82) is 0 Å². The molecule has 1 atom stereocenters. The third-order valence-corrected chi connectivity index (χ3v) is 5.94. The van der Waals surface area contributed by atoms with E-state index in [1.165, 1.54) is 0 Å². The molecule has 0 aromatic heterocycles. The topological polar surface area (TPSA) is 0 Å². The van der Waals surface area contributed by atoms with Gasteiger partial charge in [-0.25, -0.2) is 0 Å². The molecule has 0 aliphatic carbocycles. The molecule has 0 radical (unpaired) electrons. The average molecular weight is 518 g/mol. The van der Waals surface area contributed by atoms with E-state index in [0.717, 1.165) is 24.5 Å². The molecule has 0 aliphatic heterocycles. The molecule has 0 saturated heterocycles. The number of rotatable bonds is 2. The van der Waals surface area contributed by atoms with Crippen molar-refractivity contribution >= 4 is 75.3 Å². The Morgan fingerprint density at radius 1 is 0.889 bits per heavy atom. The monoisotopic (exact) mass is 514 g/mol. The summed E-state index contributed by atoms with van der Waals surface area (Å²) in [4.78, 5) is 0.0926. The van der Waals surface area contributed by atoms with E-state index >= 15 is 0 Å². The zero-order valence-corrected chi connectivity index (χ0v) is 16.0. The maximum atomic E-state index is 6.13. The maximum absolute atomic E-state index is 6.13. The predicted octanol–water partition coefficient (Wildman–Crippen LogP) is 7.11. The first kappa shape index (κ1) is 15.0. The summed E-state index contributed by atoms with van der Waals surface area (Å²) in [6, 6.07) is 12.1. The van der Waals surface area contributed by atoms with Gasteiger partial charge in [0.05, 0.1) is 9.85 Å². The van der Waals surface area contributed by atoms with Crippen molar-refractivity contribution in [3.8, 4) is 0 Å². The second kappa shape index (κ2) is 6.40. The van der Waals surface area contributed by atoms with E-state index in [1.54, 1.807) is 0 Å². The lowest BCUT2D eigenvalue weighted by molar-refractivity contribution is 1.16. The number of halogens is 5. The fraction of sp³-hybridized carbons (Fsp3) is 0.0769. The Labute approximate surface area is 145 Å². The Morgan fingerprint density at radius 2 is 1.56 bits per heavy atom. The van der Waals surface area contributed by atoms with Crippen LogP contribution in [0.3, 0.4) is 0 Å². The van der Waals surface area contributed by atoms with Crippen LogP contribution in [0.4, 0.5) is 0 Å². The Morgan fingerprint density at radius 3 is 2.22 bits per heavy atom. The van der Waals surface area contributed by atoms with Crippen LogP contribution < -0.4 is 0 Å². The lowest BCUT2D eigenvalue weighted by atomic mass is 10.1. The molecule has 0 spiro atoms. The van der Waals surface area contributed by atoms with Gasteiger partial charge in [0.25, 0.3) is 0 Å². The van der Waals surface area contributed by atoms with E-state index in [9.17, 15) is 0 Å². The van der Waals surface area contributed by atoms with Gasteiger partial charge in [-0.05, 0) is 57.4 Å². The normalized spacial score (nSPS) is 12.5. The van der Waals surface area contributed by atoms with Gasteiger partial charge in [-0.15, -0.1) is 0 Å². The molecule has 2 rings (SSSR count). The Kier molecular flexibility index (Phi) is 5.35. The molecule has 1 unspecified atom stereocenters. The molecule has 5 heteroatoms. The zero-order valence-electron chi connectivity index (χ0n) is 8.93. The minimum absolute atomic E-state index is 0.0926. The molecule has 0 bridgehead atoms. The number of alkyl halides is 1. The first-order valence-corrected chi connectivity index (χ1v) is 8.70. The van der Waals surface area contributed by atoms with Crippen LogP contribution in [0.25, 0.3) is 0 Å². The molecule has 0 N–H and O–H groups in total. The molecule has 0 amide bonds. The van der Waals surface area contributed by atoms with E-state index in [0.29, 0.717) is 5.02 Å². The summed E-state index contributed by atoms with van der Waals surface area (Å²) < 4.78 is 3.01. The van der Waals surface area contributed by atoms with Crippen LogP contribution in [0, 0.1) is 0 Å².